The molecule has 0 aromatic heterocycles. The summed E-state index contributed by atoms with van der Waals surface area (Å²) in [5.74, 6) is 0.869. The second-order valence-electron chi connectivity index (χ2n) is 4.49. The average molecular weight is 170 g/mol. The Morgan fingerprint density at radius 1 is 0.917 bits per heavy atom. The first-order valence-corrected chi connectivity index (χ1v) is 5.60. The molecule has 0 aromatic carbocycles. The Morgan fingerprint density at radius 2 is 1.33 bits per heavy atom. The van der Waals surface area contributed by atoms with Gasteiger partial charge in [0.25, 0.3) is 0 Å². The summed E-state index contributed by atoms with van der Waals surface area (Å²) in [6.07, 6.45) is 6.88. The van der Waals surface area contributed by atoms with Gasteiger partial charge in [0.15, 0.2) is 0 Å². The van der Waals surface area contributed by atoms with Crippen LogP contribution in [-0.2, 0) is 0 Å². The molecule has 0 aliphatic rings. The first kappa shape index (κ1) is 12.0. The standard InChI is InChI=1S/C12H26/c1-6-12(7-2,8-3)10-9-11(4)5/h11H,6-10H2,1-5H3. The Bertz CT molecular complexity index is 90.3. The van der Waals surface area contributed by atoms with Crippen molar-refractivity contribution < 1.29 is 0 Å². The van der Waals surface area contributed by atoms with E-state index in [1.54, 1.807) is 0 Å². The molecule has 0 heteroatoms. The smallest absolute Gasteiger partial charge is 0.0305 e. The van der Waals surface area contributed by atoms with E-state index >= 15 is 0 Å². The summed E-state index contributed by atoms with van der Waals surface area (Å²) < 4.78 is 0. The zero-order chi connectivity index (χ0) is 9.61. The van der Waals surface area contributed by atoms with Gasteiger partial charge in [-0.2, -0.15) is 0 Å². The van der Waals surface area contributed by atoms with Gasteiger partial charge in [-0.25, -0.2) is 0 Å². The lowest BCUT2D eigenvalue weighted by Gasteiger charge is -2.31. The van der Waals surface area contributed by atoms with Gasteiger partial charge in [-0.15, -0.1) is 0 Å². The van der Waals surface area contributed by atoms with Crippen molar-refractivity contribution in [1.29, 1.82) is 0 Å². The van der Waals surface area contributed by atoms with E-state index in [2.05, 4.69) is 34.6 Å². The highest BCUT2D eigenvalue weighted by Crippen LogP contribution is 2.36. The van der Waals surface area contributed by atoms with Crippen molar-refractivity contribution in [3.05, 3.63) is 0 Å². The van der Waals surface area contributed by atoms with E-state index in [1.807, 2.05) is 0 Å². The van der Waals surface area contributed by atoms with Crippen LogP contribution in [0.1, 0.15) is 66.7 Å². The third-order valence-electron chi connectivity index (χ3n) is 3.50. The minimum absolute atomic E-state index is 0.657. The fraction of sp³-hybridized carbons (Fsp3) is 1.00. The summed E-state index contributed by atoms with van der Waals surface area (Å²) in [6.45, 7) is 11.7. The maximum absolute atomic E-state index is 2.34. The van der Waals surface area contributed by atoms with Crippen LogP contribution in [0.15, 0.2) is 0 Å². The lowest BCUT2D eigenvalue weighted by Crippen LogP contribution is -2.18. The van der Waals surface area contributed by atoms with E-state index in [-0.39, 0.29) is 0 Å². The topological polar surface area (TPSA) is 0 Å². The van der Waals surface area contributed by atoms with Gasteiger partial charge in [0.2, 0.25) is 0 Å². The predicted molar refractivity (Wildman–Crippen MR) is 57.4 cm³/mol. The zero-order valence-corrected chi connectivity index (χ0v) is 9.61. The predicted octanol–water partition coefficient (Wildman–Crippen LogP) is 4.64. The Labute approximate surface area is 78.8 Å². The quantitative estimate of drug-likeness (QED) is 0.545. The normalized spacial score (nSPS) is 12.5. The second-order valence-corrected chi connectivity index (χ2v) is 4.49. The molecular weight excluding hydrogens is 144 g/mol. The molecule has 74 valence electrons. The molecule has 0 rings (SSSR count). The molecule has 0 nitrogen and oxygen atoms in total. The van der Waals surface area contributed by atoms with Crippen molar-refractivity contribution in [2.75, 3.05) is 0 Å². The fourth-order valence-corrected chi connectivity index (χ4v) is 1.88. The van der Waals surface area contributed by atoms with Gasteiger partial charge in [0, 0.05) is 0 Å². The molecule has 0 unspecified atom stereocenters. The summed E-state index contributed by atoms with van der Waals surface area (Å²) in [4.78, 5) is 0. The van der Waals surface area contributed by atoms with E-state index < -0.39 is 0 Å². The van der Waals surface area contributed by atoms with E-state index in [9.17, 15) is 0 Å². The summed E-state index contributed by atoms with van der Waals surface area (Å²) in [6, 6.07) is 0. The third kappa shape index (κ3) is 3.60. The Balaban J connectivity index is 3.93. The van der Waals surface area contributed by atoms with Gasteiger partial charge in [-0.3, -0.25) is 0 Å². The molecule has 0 bridgehead atoms. The SMILES string of the molecule is CCC(CC)(CC)CCC(C)C. The Hall–Kier alpha value is 0. The molecule has 0 saturated carbocycles. The van der Waals surface area contributed by atoms with Crippen molar-refractivity contribution in [1.82, 2.24) is 0 Å². The van der Waals surface area contributed by atoms with Crippen LogP contribution >= 0.6 is 0 Å². The monoisotopic (exact) mass is 170 g/mol. The molecule has 12 heavy (non-hydrogen) atoms. The highest BCUT2D eigenvalue weighted by molar-refractivity contribution is 4.75. The molecule has 0 aromatic rings. The molecule has 0 aliphatic heterocycles. The minimum Gasteiger partial charge on any atom is -0.0649 e. The Kier molecular flexibility index (Phi) is 5.61. The molecular formula is C12H26. The number of hydrogen-bond donors (Lipinski definition) is 0. The molecule has 0 atom stereocenters. The second kappa shape index (κ2) is 5.61. The summed E-state index contributed by atoms with van der Waals surface area (Å²) in [5.41, 5.74) is 0.657. The first-order valence-electron chi connectivity index (χ1n) is 5.60. The van der Waals surface area contributed by atoms with Crippen LogP contribution in [-0.4, -0.2) is 0 Å². The van der Waals surface area contributed by atoms with Crippen molar-refractivity contribution in [3.8, 4) is 0 Å². The van der Waals surface area contributed by atoms with E-state index in [0.29, 0.717) is 5.41 Å². The largest absolute Gasteiger partial charge is 0.0649 e. The van der Waals surface area contributed by atoms with Crippen LogP contribution < -0.4 is 0 Å². The van der Waals surface area contributed by atoms with Crippen LogP contribution in [0, 0.1) is 11.3 Å². The van der Waals surface area contributed by atoms with Gasteiger partial charge in [-0.05, 0) is 17.8 Å². The summed E-state index contributed by atoms with van der Waals surface area (Å²) in [5, 5.41) is 0. The van der Waals surface area contributed by atoms with Gasteiger partial charge in [0.1, 0.15) is 0 Å². The maximum atomic E-state index is 2.34. The van der Waals surface area contributed by atoms with Gasteiger partial charge >= 0.3 is 0 Å². The Morgan fingerprint density at radius 3 is 1.58 bits per heavy atom. The minimum atomic E-state index is 0.657. The molecule has 0 saturated heterocycles. The van der Waals surface area contributed by atoms with Crippen LogP contribution in [0.3, 0.4) is 0 Å². The highest BCUT2D eigenvalue weighted by atomic mass is 14.3. The van der Waals surface area contributed by atoms with Crippen LogP contribution in [0.5, 0.6) is 0 Å². The van der Waals surface area contributed by atoms with Crippen molar-refractivity contribution in [2.24, 2.45) is 11.3 Å². The molecule has 0 radical (unpaired) electrons. The van der Waals surface area contributed by atoms with E-state index in [4.69, 9.17) is 0 Å². The third-order valence-corrected chi connectivity index (χ3v) is 3.50. The molecule has 0 spiro atoms. The molecule has 0 N–H and O–H groups in total. The molecule has 0 aliphatic carbocycles. The molecule has 0 heterocycles. The summed E-state index contributed by atoms with van der Waals surface area (Å²) >= 11 is 0. The van der Waals surface area contributed by atoms with Gasteiger partial charge < -0.3 is 0 Å². The first-order chi connectivity index (χ1) is 5.60. The van der Waals surface area contributed by atoms with Crippen LogP contribution in [0.25, 0.3) is 0 Å². The van der Waals surface area contributed by atoms with Crippen molar-refractivity contribution in [2.45, 2.75) is 66.7 Å². The zero-order valence-electron chi connectivity index (χ0n) is 9.61. The van der Waals surface area contributed by atoms with Crippen LogP contribution in [0.2, 0.25) is 0 Å². The van der Waals surface area contributed by atoms with Gasteiger partial charge in [0.05, 0.1) is 0 Å². The van der Waals surface area contributed by atoms with E-state index in [0.717, 1.165) is 5.92 Å². The highest BCUT2D eigenvalue weighted by Gasteiger charge is 2.23. The van der Waals surface area contributed by atoms with E-state index in [1.165, 1.54) is 32.1 Å². The molecule has 0 fully saturated rings. The molecule has 0 amide bonds. The summed E-state index contributed by atoms with van der Waals surface area (Å²) in [7, 11) is 0. The lowest BCUT2D eigenvalue weighted by atomic mass is 9.75. The van der Waals surface area contributed by atoms with Crippen molar-refractivity contribution in [3.63, 3.8) is 0 Å². The van der Waals surface area contributed by atoms with Crippen molar-refractivity contribution >= 4 is 0 Å². The maximum Gasteiger partial charge on any atom is -0.0305 e. The average Bonchev–Trinajstić information content (AvgIpc) is 2.08. The lowest BCUT2D eigenvalue weighted by molar-refractivity contribution is 0.212. The fourth-order valence-electron chi connectivity index (χ4n) is 1.88. The number of rotatable bonds is 6. The van der Waals surface area contributed by atoms with Crippen LogP contribution in [0.4, 0.5) is 0 Å². The van der Waals surface area contributed by atoms with Gasteiger partial charge in [-0.1, -0.05) is 60.3 Å². The number of hydrogen-bond acceptors (Lipinski definition) is 0.